The number of nitrogens with zero attached hydrogens (tertiary/aromatic N) is 5. The number of anilines is 2. The molecule has 0 radical (unpaired) electrons. The molecular weight excluding hydrogens is 897 g/mol. The van der Waals surface area contributed by atoms with E-state index >= 15 is 0 Å². The second-order valence-corrected chi connectivity index (χ2v) is 20.2. The number of hydrogen-bond donors (Lipinski definition) is 4. The molecule has 364 valence electrons. The van der Waals surface area contributed by atoms with Crippen LogP contribution in [0.4, 0.5) is 11.4 Å². The highest BCUT2D eigenvalue weighted by Gasteiger charge is 2.44. The van der Waals surface area contributed by atoms with Crippen molar-refractivity contribution in [2.24, 2.45) is 0 Å². The zero-order valence-corrected chi connectivity index (χ0v) is 40.4. The molecule has 5 amide bonds. The van der Waals surface area contributed by atoms with Crippen molar-refractivity contribution in [3.8, 4) is 0 Å². The lowest BCUT2D eigenvalue weighted by Crippen LogP contribution is -2.57. The third-order valence-electron chi connectivity index (χ3n) is 13.4. The molecule has 4 aromatic carbocycles. The summed E-state index contributed by atoms with van der Waals surface area (Å²) < 4.78 is 32.1. The number of carbonyl (C=O) groups excluding carboxylic acids is 5. The first-order chi connectivity index (χ1) is 33.2. The number of piperidine rings is 1. The number of piperazine rings is 1. The van der Waals surface area contributed by atoms with Crippen molar-refractivity contribution in [2.75, 3.05) is 42.3 Å². The average Bonchev–Trinajstić information content (AvgIpc) is 3.77. The molecule has 69 heavy (non-hydrogen) atoms. The molecule has 3 aliphatic rings. The summed E-state index contributed by atoms with van der Waals surface area (Å²) in [6.45, 7) is 8.89. The Balaban J connectivity index is 0.732. The lowest BCUT2D eigenvalue weighted by atomic mass is 10.0. The van der Waals surface area contributed by atoms with E-state index in [4.69, 9.17) is 4.98 Å². The number of rotatable bonds is 19. The standard InChI is InChI=1S/C52H62N8O8S/c1-34-29-35(2)49(36(3)30-34)69(67,68)56-38-18-21-43-42(31-38)54-45(59(43)33-37-13-8-7-9-14-37)15-10-5-4-6-11-24-53-46(61)16-12-17-48(63)58-27-25-57(26-28-58)39-19-20-40-41(32-39)52(66)60(51(40)65)44-22-23-47(62)55-50(44)64/h7-9,13-14,18-21,29-32,44,50,56,64H,4-6,10-12,15-17,22-28,33H2,1-3H3,(H,53,61)(H,55,62). The summed E-state index contributed by atoms with van der Waals surface area (Å²) in [5, 5.41) is 15.8. The number of benzene rings is 4. The van der Waals surface area contributed by atoms with E-state index in [2.05, 4.69) is 37.0 Å². The SMILES string of the molecule is Cc1cc(C)c(S(=O)(=O)Nc2ccc3c(c2)nc(CCCCCCCNC(=O)CCCC(=O)N2CCN(c4ccc5c(c4)C(=O)N(C4CCC(=O)NC4O)C5=O)CC2)n3Cc2ccccc2)c(C)c1. The number of fused-ring (bicyclic) bond motifs is 2. The van der Waals surface area contributed by atoms with Crippen molar-refractivity contribution in [3.05, 3.63) is 118 Å². The maximum absolute atomic E-state index is 13.5. The van der Waals surface area contributed by atoms with Gasteiger partial charge in [0.05, 0.1) is 38.8 Å². The molecule has 0 spiro atoms. The van der Waals surface area contributed by atoms with E-state index in [1.165, 1.54) is 0 Å². The number of aryl methyl sites for hydroxylation is 4. The molecule has 2 saturated heterocycles. The number of sulfonamides is 1. The molecule has 2 unspecified atom stereocenters. The maximum atomic E-state index is 13.5. The van der Waals surface area contributed by atoms with Crippen LogP contribution in [0, 0.1) is 20.8 Å². The predicted octanol–water partition coefficient (Wildman–Crippen LogP) is 6.13. The third kappa shape index (κ3) is 11.3. The Morgan fingerprint density at radius 3 is 2.25 bits per heavy atom. The van der Waals surface area contributed by atoms with Gasteiger partial charge in [-0.05, 0) is 99.5 Å². The first-order valence-corrected chi connectivity index (χ1v) is 25.6. The smallest absolute Gasteiger partial charge is 0.262 e. The third-order valence-corrected chi connectivity index (χ3v) is 15.1. The first-order valence-electron chi connectivity index (χ1n) is 24.1. The minimum atomic E-state index is -3.82. The van der Waals surface area contributed by atoms with Gasteiger partial charge in [0.2, 0.25) is 17.7 Å². The van der Waals surface area contributed by atoms with Crippen LogP contribution in [0.3, 0.4) is 0 Å². The van der Waals surface area contributed by atoms with E-state index in [-0.39, 0.29) is 54.5 Å². The van der Waals surface area contributed by atoms with Crippen molar-refractivity contribution in [2.45, 2.75) is 115 Å². The number of nitrogens with one attached hydrogen (secondary N) is 3. The van der Waals surface area contributed by atoms with Gasteiger partial charge in [0.15, 0.2) is 0 Å². The number of imide groups is 1. The van der Waals surface area contributed by atoms with Crippen molar-refractivity contribution in [3.63, 3.8) is 0 Å². The largest absolute Gasteiger partial charge is 0.372 e. The average molecular weight is 959 g/mol. The van der Waals surface area contributed by atoms with E-state index in [1.807, 2.05) is 63.2 Å². The molecule has 4 heterocycles. The summed E-state index contributed by atoms with van der Waals surface area (Å²) in [6.07, 6.45) is 5.55. The molecule has 0 bridgehead atoms. The van der Waals surface area contributed by atoms with Gasteiger partial charge in [0.1, 0.15) is 12.1 Å². The Bertz CT molecular complexity index is 2830. The van der Waals surface area contributed by atoms with E-state index in [1.54, 1.807) is 29.2 Å². The highest BCUT2D eigenvalue weighted by atomic mass is 32.2. The van der Waals surface area contributed by atoms with Gasteiger partial charge in [-0.25, -0.2) is 13.4 Å². The summed E-state index contributed by atoms with van der Waals surface area (Å²) in [4.78, 5) is 74.0. The summed E-state index contributed by atoms with van der Waals surface area (Å²) in [5.41, 5.74) is 7.00. The summed E-state index contributed by atoms with van der Waals surface area (Å²) >= 11 is 0. The number of aromatic nitrogens is 2. The molecule has 2 atom stereocenters. The molecule has 4 N–H and O–H groups in total. The van der Waals surface area contributed by atoms with Gasteiger partial charge in [-0.1, -0.05) is 67.3 Å². The van der Waals surface area contributed by atoms with Crippen molar-refractivity contribution in [1.82, 2.24) is 30.0 Å². The minimum Gasteiger partial charge on any atom is -0.372 e. The van der Waals surface area contributed by atoms with Gasteiger partial charge < -0.3 is 30.1 Å². The van der Waals surface area contributed by atoms with Crippen molar-refractivity contribution >= 4 is 62.0 Å². The number of aliphatic hydroxyl groups excluding tert-OH is 1. The Morgan fingerprint density at radius 2 is 1.51 bits per heavy atom. The van der Waals surface area contributed by atoms with Gasteiger partial charge in [-0.15, -0.1) is 0 Å². The van der Waals surface area contributed by atoms with E-state index < -0.39 is 34.1 Å². The topological polar surface area (TPSA) is 203 Å². The lowest BCUT2D eigenvalue weighted by Gasteiger charge is -2.36. The zero-order valence-electron chi connectivity index (χ0n) is 39.6. The second-order valence-electron chi connectivity index (χ2n) is 18.6. The Hall–Kier alpha value is -6.59. The van der Waals surface area contributed by atoms with Crippen LogP contribution in [0.15, 0.2) is 83.8 Å². The molecule has 3 aliphatic heterocycles. The number of imidazole rings is 1. The van der Waals surface area contributed by atoms with E-state index in [0.717, 1.165) is 77.1 Å². The van der Waals surface area contributed by atoms with E-state index in [9.17, 15) is 37.5 Å². The molecule has 16 nitrogen and oxygen atoms in total. The lowest BCUT2D eigenvalue weighted by molar-refractivity contribution is -0.132. The first kappa shape index (κ1) is 48.9. The summed E-state index contributed by atoms with van der Waals surface area (Å²) in [7, 11) is -3.82. The van der Waals surface area contributed by atoms with E-state index in [0.29, 0.717) is 67.4 Å². The molecule has 1 aromatic heterocycles. The highest BCUT2D eigenvalue weighted by molar-refractivity contribution is 7.92. The van der Waals surface area contributed by atoms with Crippen LogP contribution >= 0.6 is 0 Å². The number of hydrogen-bond acceptors (Lipinski definition) is 10. The fraction of sp³-hybridized carbons (Fsp3) is 0.423. The number of amides is 5. The minimum absolute atomic E-state index is 0.00203. The van der Waals surface area contributed by atoms with Gasteiger partial charge in [0, 0.05) is 70.6 Å². The monoisotopic (exact) mass is 958 g/mol. The van der Waals surface area contributed by atoms with Crippen LogP contribution in [0.1, 0.15) is 113 Å². The molecule has 8 rings (SSSR count). The molecule has 0 aliphatic carbocycles. The molecule has 5 aromatic rings. The normalized spacial score (nSPS) is 17.3. The second kappa shape index (κ2) is 21.4. The van der Waals surface area contributed by atoms with Crippen LogP contribution < -0.4 is 20.3 Å². The molecular formula is C52H62N8O8S. The van der Waals surface area contributed by atoms with Crippen LogP contribution in [0.2, 0.25) is 0 Å². The van der Waals surface area contributed by atoms with Crippen molar-refractivity contribution < 1.29 is 37.5 Å². The fourth-order valence-electron chi connectivity index (χ4n) is 9.99. The van der Waals surface area contributed by atoms with Crippen LogP contribution in [0.25, 0.3) is 11.0 Å². The predicted molar refractivity (Wildman–Crippen MR) is 263 cm³/mol. The fourth-order valence-corrected chi connectivity index (χ4v) is 11.5. The quantitative estimate of drug-likeness (QED) is 0.0551. The van der Waals surface area contributed by atoms with Gasteiger partial charge in [0.25, 0.3) is 21.8 Å². The van der Waals surface area contributed by atoms with Crippen LogP contribution in [-0.4, -0.2) is 107 Å². The molecule has 17 heteroatoms. The molecule has 2 fully saturated rings. The Kier molecular flexibility index (Phi) is 15.1. The van der Waals surface area contributed by atoms with Gasteiger partial charge in [-0.2, -0.15) is 0 Å². The van der Waals surface area contributed by atoms with Crippen LogP contribution in [0.5, 0.6) is 0 Å². The number of aliphatic hydroxyl groups is 1. The summed E-state index contributed by atoms with van der Waals surface area (Å²) in [6, 6.07) is 23.8. The van der Waals surface area contributed by atoms with Crippen LogP contribution in [-0.2, 0) is 37.4 Å². The Morgan fingerprint density at radius 1 is 0.797 bits per heavy atom. The maximum Gasteiger partial charge on any atom is 0.262 e. The summed E-state index contributed by atoms with van der Waals surface area (Å²) in [5.74, 6) is -0.425. The highest BCUT2D eigenvalue weighted by Crippen LogP contribution is 2.32. The van der Waals surface area contributed by atoms with Gasteiger partial charge in [-0.3, -0.25) is 33.6 Å². The zero-order chi connectivity index (χ0) is 48.8. The molecule has 0 saturated carbocycles. The number of carbonyl (C=O) groups is 5. The number of unbranched alkanes of at least 4 members (excludes halogenated alkanes) is 4. The van der Waals surface area contributed by atoms with Gasteiger partial charge >= 0.3 is 0 Å². The Labute approximate surface area is 403 Å². The van der Waals surface area contributed by atoms with Crippen molar-refractivity contribution in [1.29, 1.82) is 0 Å².